The molecule has 1 aliphatic rings. The van der Waals surface area contributed by atoms with Gasteiger partial charge in [-0.15, -0.1) is 0 Å². The largest absolute Gasteiger partial charge is 0.272 e. The molecule has 2 atom stereocenters. The zero-order chi connectivity index (χ0) is 9.26. The summed E-state index contributed by atoms with van der Waals surface area (Å²) in [4.78, 5) is 0. The number of rotatable bonds is 1. The topological polar surface area (TPSA) is 17.8 Å². The Morgan fingerprint density at radius 2 is 2.15 bits per heavy atom. The summed E-state index contributed by atoms with van der Waals surface area (Å²) in [5, 5.41) is 4.24. The highest BCUT2D eigenvalue weighted by Crippen LogP contribution is 2.36. The number of hydrogen-bond acceptors (Lipinski definition) is 1. The van der Waals surface area contributed by atoms with Crippen molar-refractivity contribution in [3.63, 3.8) is 0 Å². The third-order valence-electron chi connectivity index (χ3n) is 3.35. The average Bonchev–Trinajstić information content (AvgIpc) is 2.52. The summed E-state index contributed by atoms with van der Waals surface area (Å²) < 4.78 is 2.03. The molecule has 0 aliphatic heterocycles. The van der Waals surface area contributed by atoms with E-state index in [4.69, 9.17) is 0 Å². The number of nitrogens with zero attached hydrogens (tertiary/aromatic N) is 2. The summed E-state index contributed by atoms with van der Waals surface area (Å²) in [6, 6.07) is 2.17. The molecule has 0 bridgehead atoms. The van der Waals surface area contributed by atoms with Crippen LogP contribution >= 0.6 is 0 Å². The Bertz CT molecular complexity index is 277. The summed E-state index contributed by atoms with van der Waals surface area (Å²) in [5.41, 5.74) is 1.42. The molecule has 2 nitrogen and oxygen atoms in total. The summed E-state index contributed by atoms with van der Waals surface area (Å²) in [6.45, 7) is 2.37. The van der Waals surface area contributed by atoms with Crippen LogP contribution < -0.4 is 0 Å². The lowest BCUT2D eigenvalue weighted by Crippen LogP contribution is -2.17. The highest BCUT2D eigenvalue weighted by atomic mass is 15.3. The minimum absolute atomic E-state index is 0.751. The Balaban J connectivity index is 2.19. The van der Waals surface area contributed by atoms with Gasteiger partial charge in [0, 0.05) is 24.9 Å². The lowest BCUT2D eigenvalue weighted by molar-refractivity contribution is 0.318. The Labute approximate surface area is 80.0 Å². The Kier molecular flexibility index (Phi) is 2.38. The van der Waals surface area contributed by atoms with E-state index in [0.29, 0.717) is 0 Å². The first-order chi connectivity index (χ1) is 6.29. The molecule has 1 fully saturated rings. The normalized spacial score (nSPS) is 29.1. The summed E-state index contributed by atoms with van der Waals surface area (Å²) in [5.74, 6) is 1.59. The molecule has 1 aromatic rings. The molecule has 0 aromatic carbocycles. The molecular weight excluding hydrogens is 160 g/mol. The molecule has 72 valence electrons. The molecule has 0 radical (unpaired) electrons. The Morgan fingerprint density at radius 1 is 1.38 bits per heavy atom. The SMILES string of the molecule is C[C@H]1CCCC[C@@H]1c1ccnn1C. The van der Waals surface area contributed by atoms with Crippen molar-refractivity contribution in [3.05, 3.63) is 18.0 Å². The second kappa shape index (κ2) is 3.52. The molecule has 2 heteroatoms. The molecule has 1 aliphatic carbocycles. The number of hydrogen-bond donors (Lipinski definition) is 0. The molecule has 1 heterocycles. The fourth-order valence-electron chi connectivity index (χ4n) is 2.50. The minimum Gasteiger partial charge on any atom is -0.272 e. The standard InChI is InChI=1S/C11H18N2/c1-9-5-3-4-6-10(9)11-7-8-12-13(11)2/h7-10H,3-6H2,1-2H3/t9-,10-/m0/s1. The van der Waals surface area contributed by atoms with Crippen molar-refractivity contribution in [2.75, 3.05) is 0 Å². The van der Waals surface area contributed by atoms with Gasteiger partial charge in [0.05, 0.1) is 0 Å². The quantitative estimate of drug-likeness (QED) is 0.646. The lowest BCUT2D eigenvalue weighted by Gasteiger charge is -2.28. The van der Waals surface area contributed by atoms with Crippen LogP contribution in [0, 0.1) is 5.92 Å². The van der Waals surface area contributed by atoms with Crippen LogP contribution in [-0.4, -0.2) is 9.78 Å². The van der Waals surface area contributed by atoms with Crippen molar-refractivity contribution in [2.24, 2.45) is 13.0 Å². The number of aryl methyl sites for hydroxylation is 1. The maximum atomic E-state index is 4.24. The third kappa shape index (κ3) is 1.62. The van der Waals surface area contributed by atoms with E-state index in [1.54, 1.807) is 0 Å². The van der Waals surface area contributed by atoms with Crippen molar-refractivity contribution in [3.8, 4) is 0 Å². The van der Waals surface area contributed by atoms with E-state index in [2.05, 4.69) is 25.1 Å². The van der Waals surface area contributed by atoms with Crippen LogP contribution in [0.15, 0.2) is 12.3 Å². The van der Waals surface area contributed by atoms with Crippen LogP contribution in [0.4, 0.5) is 0 Å². The second-order valence-electron chi connectivity index (χ2n) is 4.25. The predicted octanol–water partition coefficient (Wildman–Crippen LogP) is 2.71. The van der Waals surface area contributed by atoms with E-state index in [9.17, 15) is 0 Å². The maximum absolute atomic E-state index is 4.24. The Morgan fingerprint density at radius 3 is 2.77 bits per heavy atom. The van der Waals surface area contributed by atoms with Gasteiger partial charge in [0.2, 0.25) is 0 Å². The van der Waals surface area contributed by atoms with Crippen molar-refractivity contribution < 1.29 is 0 Å². The fraction of sp³-hybridized carbons (Fsp3) is 0.727. The first-order valence-electron chi connectivity index (χ1n) is 5.27. The zero-order valence-electron chi connectivity index (χ0n) is 8.53. The monoisotopic (exact) mass is 178 g/mol. The van der Waals surface area contributed by atoms with Gasteiger partial charge in [-0.3, -0.25) is 4.68 Å². The third-order valence-corrected chi connectivity index (χ3v) is 3.35. The van der Waals surface area contributed by atoms with Crippen LogP contribution in [0.25, 0.3) is 0 Å². The smallest absolute Gasteiger partial charge is 0.0492 e. The van der Waals surface area contributed by atoms with Crippen LogP contribution in [0.5, 0.6) is 0 Å². The van der Waals surface area contributed by atoms with Crippen molar-refractivity contribution in [1.29, 1.82) is 0 Å². The molecule has 13 heavy (non-hydrogen) atoms. The highest BCUT2D eigenvalue weighted by molar-refractivity contribution is 5.09. The zero-order valence-corrected chi connectivity index (χ0v) is 8.53. The van der Waals surface area contributed by atoms with Crippen molar-refractivity contribution >= 4 is 0 Å². The van der Waals surface area contributed by atoms with Crippen LogP contribution in [0.1, 0.15) is 44.2 Å². The average molecular weight is 178 g/mol. The minimum atomic E-state index is 0.751. The van der Waals surface area contributed by atoms with E-state index in [-0.39, 0.29) is 0 Å². The molecule has 0 amide bonds. The van der Waals surface area contributed by atoms with E-state index in [1.165, 1.54) is 31.4 Å². The van der Waals surface area contributed by atoms with Gasteiger partial charge in [-0.1, -0.05) is 26.2 Å². The van der Waals surface area contributed by atoms with Gasteiger partial charge in [0.25, 0.3) is 0 Å². The highest BCUT2D eigenvalue weighted by Gasteiger charge is 2.24. The van der Waals surface area contributed by atoms with Crippen LogP contribution in [-0.2, 0) is 7.05 Å². The second-order valence-corrected chi connectivity index (χ2v) is 4.25. The molecule has 0 spiro atoms. The maximum Gasteiger partial charge on any atom is 0.0492 e. The van der Waals surface area contributed by atoms with E-state index in [0.717, 1.165) is 11.8 Å². The van der Waals surface area contributed by atoms with Gasteiger partial charge in [-0.05, 0) is 18.4 Å². The van der Waals surface area contributed by atoms with Crippen molar-refractivity contribution in [2.45, 2.75) is 38.5 Å². The van der Waals surface area contributed by atoms with E-state index >= 15 is 0 Å². The van der Waals surface area contributed by atoms with Gasteiger partial charge < -0.3 is 0 Å². The van der Waals surface area contributed by atoms with Gasteiger partial charge in [-0.25, -0.2) is 0 Å². The fourth-order valence-corrected chi connectivity index (χ4v) is 2.50. The van der Waals surface area contributed by atoms with Gasteiger partial charge in [0.1, 0.15) is 0 Å². The molecule has 0 N–H and O–H groups in total. The molecule has 1 aromatic heterocycles. The van der Waals surface area contributed by atoms with E-state index < -0.39 is 0 Å². The van der Waals surface area contributed by atoms with Crippen LogP contribution in [0.2, 0.25) is 0 Å². The molecule has 0 unspecified atom stereocenters. The van der Waals surface area contributed by atoms with E-state index in [1.807, 2.05) is 10.9 Å². The molecule has 0 saturated heterocycles. The first-order valence-corrected chi connectivity index (χ1v) is 5.27. The summed E-state index contributed by atoms with van der Waals surface area (Å²) in [6.07, 6.45) is 7.45. The summed E-state index contributed by atoms with van der Waals surface area (Å²) in [7, 11) is 2.05. The van der Waals surface area contributed by atoms with Crippen LogP contribution in [0.3, 0.4) is 0 Å². The molecule has 2 rings (SSSR count). The lowest BCUT2D eigenvalue weighted by atomic mass is 9.78. The van der Waals surface area contributed by atoms with Gasteiger partial charge in [0.15, 0.2) is 0 Å². The predicted molar refractivity (Wildman–Crippen MR) is 53.6 cm³/mol. The Hall–Kier alpha value is -0.790. The van der Waals surface area contributed by atoms with Gasteiger partial charge >= 0.3 is 0 Å². The van der Waals surface area contributed by atoms with Gasteiger partial charge in [-0.2, -0.15) is 5.10 Å². The van der Waals surface area contributed by atoms with Crippen molar-refractivity contribution in [1.82, 2.24) is 9.78 Å². The first kappa shape index (κ1) is 8.79. The summed E-state index contributed by atoms with van der Waals surface area (Å²) >= 11 is 0. The molecule has 1 saturated carbocycles. The molecular formula is C11H18N2. The number of aromatic nitrogens is 2.